The zero-order valence-corrected chi connectivity index (χ0v) is 15.5. The Morgan fingerprint density at radius 1 is 0.964 bits per heavy atom. The molecular formula is C23H19NO4. The van der Waals surface area contributed by atoms with Gasteiger partial charge in [-0.2, -0.15) is 0 Å². The zero-order chi connectivity index (χ0) is 19.8. The van der Waals surface area contributed by atoms with Gasteiger partial charge in [-0.3, -0.25) is 14.5 Å². The molecule has 1 aromatic heterocycles. The maximum atomic E-state index is 13.0. The van der Waals surface area contributed by atoms with Crippen LogP contribution in [-0.2, 0) is 9.59 Å². The molecule has 1 saturated heterocycles. The first-order valence-corrected chi connectivity index (χ1v) is 8.96. The molecule has 0 aliphatic carbocycles. The summed E-state index contributed by atoms with van der Waals surface area (Å²) in [6, 6.07) is 16.9. The zero-order valence-electron chi connectivity index (χ0n) is 15.5. The number of amides is 1. The molecule has 0 radical (unpaired) electrons. The number of carbonyl (C=O) groups is 2. The lowest BCUT2D eigenvalue weighted by atomic mass is 9.98. The summed E-state index contributed by atoms with van der Waals surface area (Å²) < 4.78 is 5.56. The van der Waals surface area contributed by atoms with Gasteiger partial charge in [-0.15, -0.1) is 0 Å². The number of aryl methyl sites for hydroxylation is 1. The highest BCUT2D eigenvalue weighted by atomic mass is 16.3. The Bertz CT molecular complexity index is 1080. The molecule has 0 saturated carbocycles. The molecule has 3 aromatic rings. The third kappa shape index (κ3) is 2.72. The summed E-state index contributed by atoms with van der Waals surface area (Å²) in [4.78, 5) is 27.4. The number of benzene rings is 2. The number of Topliss-reactive ketones (excluding diaryl/α,β-unsaturated/α-hetero) is 1. The standard InChI is InChI=1S/C23H19NO4/c1-14-8-6-11-17(15(14)2)24-20(18-12-7-13-28-18)19(22(26)23(24)27)21(25)16-9-4-3-5-10-16/h3-13,20,25H,1-2H3/b21-19-. The van der Waals surface area contributed by atoms with Gasteiger partial charge < -0.3 is 9.52 Å². The van der Waals surface area contributed by atoms with E-state index in [-0.39, 0.29) is 11.3 Å². The fourth-order valence-corrected chi connectivity index (χ4v) is 3.55. The van der Waals surface area contributed by atoms with Gasteiger partial charge in [0.25, 0.3) is 11.7 Å². The summed E-state index contributed by atoms with van der Waals surface area (Å²) in [6.45, 7) is 3.85. The van der Waals surface area contributed by atoms with E-state index in [0.717, 1.165) is 11.1 Å². The molecule has 0 bridgehead atoms. The summed E-state index contributed by atoms with van der Waals surface area (Å²) in [5.41, 5.74) is 3.00. The van der Waals surface area contributed by atoms with Gasteiger partial charge in [0.1, 0.15) is 17.6 Å². The first-order valence-electron chi connectivity index (χ1n) is 8.96. The van der Waals surface area contributed by atoms with Crippen molar-refractivity contribution >= 4 is 23.1 Å². The first-order chi connectivity index (χ1) is 13.5. The molecular weight excluding hydrogens is 354 g/mol. The normalized spacial score (nSPS) is 18.6. The molecule has 140 valence electrons. The van der Waals surface area contributed by atoms with E-state index < -0.39 is 17.7 Å². The van der Waals surface area contributed by atoms with Crippen molar-refractivity contribution in [1.82, 2.24) is 0 Å². The molecule has 1 amide bonds. The van der Waals surface area contributed by atoms with Gasteiger partial charge >= 0.3 is 0 Å². The van der Waals surface area contributed by atoms with Gasteiger partial charge in [0.05, 0.1) is 11.8 Å². The molecule has 0 spiro atoms. The second-order valence-electron chi connectivity index (χ2n) is 6.77. The number of hydrogen-bond acceptors (Lipinski definition) is 4. The second kappa shape index (κ2) is 6.85. The highest BCUT2D eigenvalue weighted by Gasteiger charge is 2.48. The van der Waals surface area contributed by atoms with Gasteiger partial charge in [-0.25, -0.2) is 0 Å². The summed E-state index contributed by atoms with van der Waals surface area (Å²) in [5, 5.41) is 10.9. The van der Waals surface area contributed by atoms with Crippen LogP contribution in [0.4, 0.5) is 5.69 Å². The smallest absolute Gasteiger partial charge is 0.300 e. The lowest BCUT2D eigenvalue weighted by Gasteiger charge is -2.25. The third-order valence-electron chi connectivity index (χ3n) is 5.14. The van der Waals surface area contributed by atoms with Crippen molar-refractivity contribution in [3.8, 4) is 0 Å². The van der Waals surface area contributed by atoms with Crippen molar-refractivity contribution in [3.05, 3.63) is 95.0 Å². The number of ketones is 1. The Morgan fingerprint density at radius 3 is 2.39 bits per heavy atom. The monoisotopic (exact) mass is 373 g/mol. The maximum absolute atomic E-state index is 13.0. The predicted molar refractivity (Wildman–Crippen MR) is 106 cm³/mol. The quantitative estimate of drug-likeness (QED) is 0.416. The summed E-state index contributed by atoms with van der Waals surface area (Å²) in [5.74, 6) is -1.22. The van der Waals surface area contributed by atoms with Crippen LogP contribution in [0.25, 0.3) is 5.76 Å². The first kappa shape index (κ1) is 17.8. The molecule has 1 N–H and O–H groups in total. The summed E-state index contributed by atoms with van der Waals surface area (Å²) in [6.07, 6.45) is 1.49. The van der Waals surface area contributed by atoms with Crippen LogP contribution >= 0.6 is 0 Å². The highest BCUT2D eigenvalue weighted by Crippen LogP contribution is 2.43. The van der Waals surface area contributed by atoms with Gasteiger partial charge in [0.2, 0.25) is 0 Å². The van der Waals surface area contributed by atoms with Crippen LogP contribution in [0.5, 0.6) is 0 Å². The molecule has 1 aliphatic heterocycles. The molecule has 5 heteroatoms. The molecule has 4 rings (SSSR count). The number of aliphatic hydroxyl groups excluding tert-OH is 1. The Morgan fingerprint density at radius 2 is 1.71 bits per heavy atom. The molecule has 28 heavy (non-hydrogen) atoms. The minimum atomic E-state index is -0.837. The van der Waals surface area contributed by atoms with Gasteiger partial charge in [-0.1, -0.05) is 42.5 Å². The topological polar surface area (TPSA) is 70.8 Å². The van der Waals surface area contributed by atoms with Crippen molar-refractivity contribution in [2.75, 3.05) is 4.90 Å². The summed E-state index contributed by atoms with van der Waals surface area (Å²) in [7, 11) is 0. The number of furan rings is 1. The minimum absolute atomic E-state index is 0.0204. The van der Waals surface area contributed by atoms with E-state index in [1.165, 1.54) is 11.2 Å². The number of rotatable bonds is 3. The molecule has 2 aromatic carbocycles. The number of carbonyl (C=O) groups excluding carboxylic acids is 2. The van der Waals surface area contributed by atoms with Crippen LogP contribution in [-0.4, -0.2) is 16.8 Å². The fourth-order valence-electron chi connectivity index (χ4n) is 3.55. The number of aliphatic hydroxyl groups is 1. The van der Waals surface area contributed by atoms with Crippen LogP contribution in [0.1, 0.15) is 28.5 Å². The van der Waals surface area contributed by atoms with Crippen molar-refractivity contribution in [3.63, 3.8) is 0 Å². The fraction of sp³-hybridized carbons (Fsp3) is 0.130. The maximum Gasteiger partial charge on any atom is 0.300 e. The van der Waals surface area contributed by atoms with Crippen LogP contribution in [0.2, 0.25) is 0 Å². The van der Waals surface area contributed by atoms with Gasteiger partial charge in [0.15, 0.2) is 0 Å². The average Bonchev–Trinajstić information content (AvgIpc) is 3.32. The number of hydrogen-bond donors (Lipinski definition) is 1. The van der Waals surface area contributed by atoms with E-state index in [1.54, 1.807) is 42.5 Å². The summed E-state index contributed by atoms with van der Waals surface area (Å²) >= 11 is 0. The van der Waals surface area contributed by atoms with Crippen molar-refractivity contribution in [2.24, 2.45) is 0 Å². The average molecular weight is 373 g/mol. The van der Waals surface area contributed by atoms with Crippen LogP contribution < -0.4 is 4.90 Å². The molecule has 2 heterocycles. The Hall–Kier alpha value is -3.60. The molecule has 1 unspecified atom stereocenters. The Kier molecular flexibility index (Phi) is 4.35. The highest BCUT2D eigenvalue weighted by molar-refractivity contribution is 6.51. The Labute approximate surface area is 162 Å². The lowest BCUT2D eigenvalue weighted by Crippen LogP contribution is -2.30. The SMILES string of the molecule is Cc1cccc(N2C(=O)C(=O)/C(=C(\O)c3ccccc3)C2c2ccco2)c1C. The van der Waals surface area contributed by atoms with E-state index in [4.69, 9.17) is 4.42 Å². The van der Waals surface area contributed by atoms with Crippen molar-refractivity contribution in [1.29, 1.82) is 0 Å². The second-order valence-corrected chi connectivity index (χ2v) is 6.77. The van der Waals surface area contributed by atoms with E-state index in [0.29, 0.717) is 17.0 Å². The van der Waals surface area contributed by atoms with Crippen molar-refractivity contribution < 1.29 is 19.1 Å². The van der Waals surface area contributed by atoms with E-state index in [9.17, 15) is 14.7 Å². The van der Waals surface area contributed by atoms with Crippen LogP contribution in [0.15, 0.2) is 76.9 Å². The predicted octanol–water partition coefficient (Wildman–Crippen LogP) is 4.52. The Balaban J connectivity index is 1.97. The number of nitrogens with zero attached hydrogens (tertiary/aromatic N) is 1. The third-order valence-corrected chi connectivity index (χ3v) is 5.14. The van der Waals surface area contributed by atoms with Crippen LogP contribution in [0.3, 0.4) is 0 Å². The van der Waals surface area contributed by atoms with E-state index >= 15 is 0 Å². The lowest BCUT2D eigenvalue weighted by molar-refractivity contribution is -0.132. The van der Waals surface area contributed by atoms with Gasteiger partial charge in [0, 0.05) is 11.3 Å². The minimum Gasteiger partial charge on any atom is -0.507 e. The number of anilines is 1. The van der Waals surface area contributed by atoms with Crippen molar-refractivity contribution in [2.45, 2.75) is 19.9 Å². The van der Waals surface area contributed by atoms with E-state index in [1.807, 2.05) is 32.0 Å². The molecule has 5 nitrogen and oxygen atoms in total. The van der Waals surface area contributed by atoms with Gasteiger partial charge in [-0.05, 0) is 43.2 Å². The van der Waals surface area contributed by atoms with Crippen LogP contribution in [0, 0.1) is 13.8 Å². The molecule has 1 atom stereocenters. The van der Waals surface area contributed by atoms with E-state index in [2.05, 4.69) is 0 Å². The molecule has 1 aliphatic rings. The largest absolute Gasteiger partial charge is 0.507 e. The molecule has 1 fully saturated rings.